The Morgan fingerprint density at radius 2 is 0.646 bits per heavy atom. The zero-order valence-electron chi connectivity index (χ0n) is 32.2. The molecule has 0 amide bonds. The predicted octanol–water partition coefficient (Wildman–Crippen LogP) is 10.9. The largest absolute Gasteiger partial charge is 0.466 e. The van der Waals surface area contributed by atoms with Gasteiger partial charge in [-0.25, -0.2) is 0 Å². The summed E-state index contributed by atoms with van der Waals surface area (Å²) in [4.78, 5) is 45.8. The summed E-state index contributed by atoms with van der Waals surface area (Å²) in [6.45, 7) is 14.5. The van der Waals surface area contributed by atoms with Gasteiger partial charge in [0.25, 0.3) is 0 Å². The van der Waals surface area contributed by atoms with Crippen LogP contribution in [-0.2, 0) is 38.1 Å². The maximum absolute atomic E-state index is 11.9. The van der Waals surface area contributed by atoms with Gasteiger partial charge in [0.15, 0.2) is 0 Å². The van der Waals surface area contributed by atoms with Crippen LogP contribution in [0.4, 0.5) is 0 Å². The van der Waals surface area contributed by atoms with Crippen molar-refractivity contribution >= 4 is 23.9 Å². The van der Waals surface area contributed by atoms with Crippen LogP contribution in [0.15, 0.2) is 0 Å². The summed E-state index contributed by atoms with van der Waals surface area (Å²) in [6.07, 6.45) is 23.7. The first-order valence-electron chi connectivity index (χ1n) is 19.9. The third-order valence-electron chi connectivity index (χ3n) is 8.68. The van der Waals surface area contributed by atoms with E-state index in [9.17, 15) is 19.2 Å². The SMILES string of the molecule is CCCCC(CC)COC(=O)CCCCCCCCC(=O)OCC(CC)CCCC.CCOC(=O)CCCCCCCCC(=O)OCC. The van der Waals surface area contributed by atoms with Gasteiger partial charge in [-0.2, -0.15) is 0 Å². The summed E-state index contributed by atoms with van der Waals surface area (Å²) in [5.41, 5.74) is 0. The fourth-order valence-electron chi connectivity index (χ4n) is 5.32. The molecule has 0 fully saturated rings. The fourth-order valence-corrected chi connectivity index (χ4v) is 5.32. The van der Waals surface area contributed by atoms with Gasteiger partial charge in [-0.1, -0.05) is 118 Å². The molecule has 284 valence electrons. The van der Waals surface area contributed by atoms with Crippen molar-refractivity contribution in [1.29, 1.82) is 0 Å². The molecule has 0 aromatic heterocycles. The molecule has 0 heterocycles. The molecule has 0 saturated heterocycles. The van der Waals surface area contributed by atoms with E-state index in [1.54, 1.807) is 0 Å². The Balaban J connectivity index is 0. The lowest BCUT2D eigenvalue weighted by molar-refractivity contribution is -0.146. The minimum Gasteiger partial charge on any atom is -0.466 e. The highest BCUT2D eigenvalue weighted by atomic mass is 16.5. The molecule has 0 aromatic carbocycles. The first-order chi connectivity index (χ1) is 23.3. The molecular weight excluding hydrogens is 608 g/mol. The van der Waals surface area contributed by atoms with Crippen LogP contribution in [0.1, 0.15) is 196 Å². The third kappa shape index (κ3) is 35.2. The van der Waals surface area contributed by atoms with Gasteiger partial charge >= 0.3 is 23.9 Å². The van der Waals surface area contributed by atoms with Crippen LogP contribution in [0.25, 0.3) is 0 Å². The van der Waals surface area contributed by atoms with Crippen molar-refractivity contribution in [1.82, 2.24) is 0 Å². The Labute approximate surface area is 295 Å². The molecule has 0 bridgehead atoms. The van der Waals surface area contributed by atoms with Crippen molar-refractivity contribution in [2.75, 3.05) is 26.4 Å². The number of carbonyl (C=O) groups excluding carboxylic acids is 4. The summed E-state index contributed by atoms with van der Waals surface area (Å²) in [6, 6.07) is 0. The van der Waals surface area contributed by atoms with Crippen molar-refractivity contribution in [3.05, 3.63) is 0 Å². The molecule has 8 heteroatoms. The second-order valence-electron chi connectivity index (χ2n) is 13.1. The van der Waals surface area contributed by atoms with Gasteiger partial charge < -0.3 is 18.9 Å². The van der Waals surface area contributed by atoms with Crippen LogP contribution >= 0.6 is 0 Å². The van der Waals surface area contributed by atoms with Crippen LogP contribution in [-0.4, -0.2) is 50.3 Å². The standard InChI is InChI=1S/C26H50O4.C14H26O4/c1-5-9-17-23(7-3)21-29-25(27)19-15-13-11-12-14-16-20-26(28)30-22-24(8-4)18-10-6-2;1-3-17-13(15)11-9-7-5-6-8-10-12-14(16)18-4-2/h23-24H,5-22H2,1-4H3;3-12H2,1-2H3. The molecule has 0 aliphatic rings. The van der Waals surface area contributed by atoms with Gasteiger partial charge in [-0.3, -0.25) is 19.2 Å². The molecule has 0 aliphatic heterocycles. The van der Waals surface area contributed by atoms with Gasteiger partial charge in [-0.05, 0) is 64.2 Å². The summed E-state index contributed by atoms with van der Waals surface area (Å²) in [5, 5.41) is 0. The van der Waals surface area contributed by atoms with Crippen molar-refractivity contribution in [3.8, 4) is 0 Å². The molecule has 2 atom stereocenters. The van der Waals surface area contributed by atoms with Gasteiger partial charge in [0, 0.05) is 25.7 Å². The molecular formula is C40H76O8. The van der Waals surface area contributed by atoms with E-state index in [4.69, 9.17) is 18.9 Å². The van der Waals surface area contributed by atoms with E-state index < -0.39 is 0 Å². The van der Waals surface area contributed by atoms with Crippen LogP contribution in [0, 0.1) is 11.8 Å². The fraction of sp³-hybridized carbons (Fsp3) is 0.900. The van der Waals surface area contributed by atoms with Crippen LogP contribution < -0.4 is 0 Å². The number of esters is 4. The zero-order chi connectivity index (χ0) is 36.1. The molecule has 0 radical (unpaired) electrons. The molecule has 0 spiro atoms. The van der Waals surface area contributed by atoms with E-state index in [2.05, 4.69) is 27.7 Å². The number of carbonyl (C=O) groups is 4. The van der Waals surface area contributed by atoms with E-state index in [-0.39, 0.29) is 23.9 Å². The maximum Gasteiger partial charge on any atom is 0.305 e. The van der Waals surface area contributed by atoms with Crippen LogP contribution in [0.3, 0.4) is 0 Å². The van der Waals surface area contributed by atoms with Gasteiger partial charge in [0.05, 0.1) is 26.4 Å². The smallest absolute Gasteiger partial charge is 0.305 e. The Kier molecular flexibility index (Phi) is 37.7. The average Bonchev–Trinajstić information content (AvgIpc) is 3.07. The van der Waals surface area contributed by atoms with E-state index in [1.807, 2.05) is 13.8 Å². The third-order valence-corrected chi connectivity index (χ3v) is 8.68. The summed E-state index contributed by atoms with van der Waals surface area (Å²) in [7, 11) is 0. The Bertz CT molecular complexity index is 692. The average molecular weight is 685 g/mol. The lowest BCUT2D eigenvalue weighted by atomic mass is 10.0. The van der Waals surface area contributed by atoms with Crippen molar-refractivity contribution in [3.63, 3.8) is 0 Å². The van der Waals surface area contributed by atoms with Crippen molar-refractivity contribution in [2.45, 2.75) is 196 Å². The van der Waals surface area contributed by atoms with Crippen molar-refractivity contribution < 1.29 is 38.1 Å². The van der Waals surface area contributed by atoms with Crippen molar-refractivity contribution in [2.24, 2.45) is 11.8 Å². The predicted molar refractivity (Wildman–Crippen MR) is 196 cm³/mol. The van der Waals surface area contributed by atoms with E-state index in [0.717, 1.165) is 103 Å². The first kappa shape index (κ1) is 48.0. The van der Waals surface area contributed by atoms with Crippen LogP contribution in [0.2, 0.25) is 0 Å². The normalized spacial score (nSPS) is 12.0. The second-order valence-corrected chi connectivity index (χ2v) is 13.1. The van der Waals surface area contributed by atoms with Crippen LogP contribution in [0.5, 0.6) is 0 Å². The number of unbranched alkanes of at least 4 members (excludes halogenated alkanes) is 12. The molecule has 0 rings (SSSR count). The Morgan fingerprint density at radius 1 is 0.375 bits per heavy atom. The molecule has 2 unspecified atom stereocenters. The second kappa shape index (κ2) is 37.7. The zero-order valence-corrected chi connectivity index (χ0v) is 32.2. The lowest BCUT2D eigenvalue weighted by Crippen LogP contribution is -2.13. The molecule has 0 aliphatic carbocycles. The van der Waals surface area contributed by atoms with E-state index >= 15 is 0 Å². The molecule has 48 heavy (non-hydrogen) atoms. The molecule has 0 aromatic rings. The maximum atomic E-state index is 11.9. The number of ether oxygens (including phenoxy) is 4. The highest BCUT2D eigenvalue weighted by Crippen LogP contribution is 2.16. The lowest BCUT2D eigenvalue weighted by Gasteiger charge is -2.14. The number of hydrogen-bond acceptors (Lipinski definition) is 8. The number of hydrogen-bond donors (Lipinski definition) is 0. The Morgan fingerprint density at radius 3 is 0.896 bits per heavy atom. The van der Waals surface area contributed by atoms with Gasteiger partial charge in [0.1, 0.15) is 0 Å². The summed E-state index contributed by atoms with van der Waals surface area (Å²) < 4.78 is 20.6. The minimum absolute atomic E-state index is 0.0444. The quantitative estimate of drug-likeness (QED) is 0.0391. The Hall–Kier alpha value is -2.12. The molecule has 0 saturated carbocycles. The number of rotatable bonds is 32. The highest BCUT2D eigenvalue weighted by molar-refractivity contribution is 5.70. The summed E-state index contributed by atoms with van der Waals surface area (Å²) in [5.74, 6) is 0.753. The topological polar surface area (TPSA) is 105 Å². The van der Waals surface area contributed by atoms with Gasteiger partial charge in [-0.15, -0.1) is 0 Å². The highest BCUT2D eigenvalue weighted by Gasteiger charge is 2.11. The first-order valence-corrected chi connectivity index (χ1v) is 19.9. The minimum atomic E-state index is -0.0974. The summed E-state index contributed by atoms with van der Waals surface area (Å²) >= 11 is 0. The van der Waals surface area contributed by atoms with Gasteiger partial charge in [0.2, 0.25) is 0 Å². The van der Waals surface area contributed by atoms with E-state index in [1.165, 1.54) is 25.7 Å². The molecule has 8 nitrogen and oxygen atoms in total. The molecule has 0 N–H and O–H groups in total. The monoisotopic (exact) mass is 685 g/mol. The van der Waals surface area contributed by atoms with E-state index in [0.29, 0.717) is 63.9 Å².